The minimum absolute atomic E-state index is 0.811. The van der Waals surface area contributed by atoms with Gasteiger partial charge in [-0.1, -0.05) is 52.4 Å². The largest absolute Gasteiger partial charge is 0.379 e. The number of nitrogens with zero attached hydrogens (tertiary/aromatic N) is 5. The maximum Gasteiger partial charge on any atom is 0.191 e. The number of ether oxygens (including phenoxy) is 1. The lowest BCUT2D eigenvalue weighted by molar-refractivity contribution is 0.0389. The third kappa shape index (κ3) is 10.4. The molecule has 8 heteroatoms. The second kappa shape index (κ2) is 16.1. The molecule has 0 atom stereocenters. The Morgan fingerprint density at radius 2 is 1.70 bits per heavy atom. The van der Waals surface area contributed by atoms with E-state index in [1.807, 2.05) is 6.33 Å². The molecule has 2 N–H and O–H groups in total. The topological polar surface area (TPSA) is 79.6 Å². The van der Waals surface area contributed by atoms with Gasteiger partial charge in [0.2, 0.25) is 0 Å². The molecule has 0 aromatic carbocycles. The fourth-order valence-corrected chi connectivity index (χ4v) is 3.63. The first-order chi connectivity index (χ1) is 14.8. The van der Waals surface area contributed by atoms with Crippen molar-refractivity contribution in [1.29, 1.82) is 0 Å². The minimum Gasteiger partial charge on any atom is -0.379 e. The van der Waals surface area contributed by atoms with Gasteiger partial charge in [-0.3, -0.25) is 9.89 Å². The summed E-state index contributed by atoms with van der Waals surface area (Å²) in [4.78, 5) is 7.25. The van der Waals surface area contributed by atoms with Gasteiger partial charge in [-0.25, -0.2) is 0 Å². The van der Waals surface area contributed by atoms with Crippen molar-refractivity contribution in [2.24, 2.45) is 4.99 Å². The van der Waals surface area contributed by atoms with Crippen LogP contribution in [0, 0.1) is 0 Å². The molecule has 1 aromatic rings. The molecule has 0 amide bonds. The van der Waals surface area contributed by atoms with Crippen molar-refractivity contribution in [3.63, 3.8) is 0 Å². The molecule has 0 aliphatic carbocycles. The average molecular weight is 422 g/mol. The first kappa shape index (κ1) is 24.6. The number of aromatic nitrogens is 3. The van der Waals surface area contributed by atoms with E-state index in [1.54, 1.807) is 0 Å². The Morgan fingerprint density at radius 3 is 2.43 bits per heavy atom. The van der Waals surface area contributed by atoms with Crippen LogP contribution in [0.5, 0.6) is 0 Å². The quantitative estimate of drug-likeness (QED) is 0.257. The Hall–Kier alpha value is -1.67. The first-order valence-corrected chi connectivity index (χ1v) is 12.0. The van der Waals surface area contributed by atoms with E-state index < -0.39 is 0 Å². The zero-order valence-electron chi connectivity index (χ0n) is 19.2. The van der Waals surface area contributed by atoms with Gasteiger partial charge < -0.3 is 19.9 Å². The molecule has 2 rings (SSSR count). The minimum atomic E-state index is 0.811. The molecular weight excluding hydrogens is 378 g/mol. The predicted molar refractivity (Wildman–Crippen MR) is 123 cm³/mol. The first-order valence-electron chi connectivity index (χ1n) is 12.0. The van der Waals surface area contributed by atoms with E-state index in [2.05, 4.69) is 44.1 Å². The highest BCUT2D eigenvalue weighted by atomic mass is 16.5. The summed E-state index contributed by atoms with van der Waals surface area (Å²) in [6.45, 7) is 12.6. The second-order valence-corrected chi connectivity index (χ2v) is 7.95. The summed E-state index contributed by atoms with van der Waals surface area (Å²) < 4.78 is 7.54. The van der Waals surface area contributed by atoms with Crippen LogP contribution in [0.1, 0.15) is 64.6 Å². The summed E-state index contributed by atoms with van der Waals surface area (Å²) in [5.41, 5.74) is 0. The maximum absolute atomic E-state index is 5.43. The molecule has 1 fully saturated rings. The van der Waals surface area contributed by atoms with Gasteiger partial charge in [-0.05, 0) is 6.42 Å². The number of hydrogen-bond acceptors (Lipinski definition) is 5. The van der Waals surface area contributed by atoms with Crippen LogP contribution in [-0.4, -0.2) is 78.1 Å². The van der Waals surface area contributed by atoms with Crippen LogP contribution in [0.3, 0.4) is 0 Å². The molecule has 0 spiro atoms. The molecule has 1 aromatic heterocycles. The Morgan fingerprint density at radius 1 is 1.00 bits per heavy atom. The van der Waals surface area contributed by atoms with Gasteiger partial charge in [-0.2, -0.15) is 0 Å². The monoisotopic (exact) mass is 421 g/mol. The fourth-order valence-electron chi connectivity index (χ4n) is 3.63. The Bertz CT molecular complexity index is 570. The fraction of sp³-hybridized carbons (Fsp3) is 0.864. The highest BCUT2D eigenvalue weighted by Gasteiger charge is 2.10. The van der Waals surface area contributed by atoms with Crippen molar-refractivity contribution in [3.8, 4) is 0 Å². The summed E-state index contributed by atoms with van der Waals surface area (Å²) in [6.07, 6.45) is 11.9. The predicted octanol–water partition coefficient (Wildman–Crippen LogP) is 2.46. The van der Waals surface area contributed by atoms with E-state index in [0.29, 0.717) is 0 Å². The van der Waals surface area contributed by atoms with Crippen molar-refractivity contribution in [2.45, 2.75) is 71.8 Å². The van der Waals surface area contributed by atoms with Crippen LogP contribution in [-0.2, 0) is 17.7 Å². The molecule has 2 heterocycles. The highest BCUT2D eigenvalue weighted by molar-refractivity contribution is 5.79. The molecule has 172 valence electrons. The smallest absolute Gasteiger partial charge is 0.191 e. The van der Waals surface area contributed by atoms with E-state index >= 15 is 0 Å². The summed E-state index contributed by atoms with van der Waals surface area (Å²) in [7, 11) is 0. The van der Waals surface area contributed by atoms with Gasteiger partial charge in [0.25, 0.3) is 0 Å². The SMILES string of the molecule is CCCCCCCCCN=C(NCCN1CCOCC1)NCCn1cnnc1CC. The average Bonchev–Trinajstić information content (AvgIpc) is 3.23. The molecule has 0 saturated carbocycles. The number of aliphatic imine (C=N–C) groups is 1. The summed E-state index contributed by atoms with van der Waals surface area (Å²) >= 11 is 0. The van der Waals surface area contributed by atoms with Crippen LogP contribution in [0.2, 0.25) is 0 Å². The van der Waals surface area contributed by atoms with Gasteiger partial charge in [0.05, 0.1) is 13.2 Å². The van der Waals surface area contributed by atoms with Crippen molar-refractivity contribution < 1.29 is 4.74 Å². The van der Waals surface area contributed by atoms with Crippen LogP contribution >= 0.6 is 0 Å². The summed E-state index contributed by atoms with van der Waals surface area (Å²) in [6, 6.07) is 0. The molecule has 1 saturated heterocycles. The molecule has 0 unspecified atom stereocenters. The van der Waals surface area contributed by atoms with Crippen molar-refractivity contribution in [1.82, 2.24) is 30.3 Å². The van der Waals surface area contributed by atoms with Crippen LogP contribution in [0.4, 0.5) is 0 Å². The van der Waals surface area contributed by atoms with E-state index in [-0.39, 0.29) is 0 Å². The van der Waals surface area contributed by atoms with Crippen molar-refractivity contribution in [3.05, 3.63) is 12.2 Å². The van der Waals surface area contributed by atoms with Crippen LogP contribution in [0.25, 0.3) is 0 Å². The van der Waals surface area contributed by atoms with Gasteiger partial charge >= 0.3 is 0 Å². The van der Waals surface area contributed by atoms with Crippen LogP contribution < -0.4 is 10.6 Å². The molecule has 30 heavy (non-hydrogen) atoms. The number of morpholine rings is 1. The standard InChI is InChI=1S/C22H43N7O/c1-3-5-6-7-8-9-10-11-23-22(24-12-14-28-16-18-30-19-17-28)25-13-15-29-20-26-27-21(29)4-2/h20H,3-19H2,1-2H3,(H2,23,24,25). The zero-order chi connectivity index (χ0) is 21.3. The molecule has 1 aliphatic heterocycles. The Balaban J connectivity index is 1.70. The lowest BCUT2D eigenvalue weighted by Crippen LogP contribution is -2.45. The number of aryl methyl sites for hydroxylation is 1. The third-order valence-electron chi connectivity index (χ3n) is 5.51. The second-order valence-electron chi connectivity index (χ2n) is 7.95. The number of guanidine groups is 1. The maximum atomic E-state index is 5.43. The number of hydrogen-bond donors (Lipinski definition) is 2. The van der Waals surface area contributed by atoms with Gasteiger partial charge in [-0.15, -0.1) is 10.2 Å². The van der Waals surface area contributed by atoms with E-state index in [4.69, 9.17) is 9.73 Å². The molecule has 0 radical (unpaired) electrons. The van der Waals surface area contributed by atoms with Crippen molar-refractivity contribution >= 4 is 5.96 Å². The lowest BCUT2D eigenvalue weighted by atomic mass is 10.1. The summed E-state index contributed by atoms with van der Waals surface area (Å²) in [5.74, 6) is 1.94. The van der Waals surface area contributed by atoms with Gasteiger partial charge in [0, 0.05) is 52.2 Å². The molecule has 8 nitrogen and oxygen atoms in total. The molecule has 1 aliphatic rings. The zero-order valence-corrected chi connectivity index (χ0v) is 19.2. The third-order valence-corrected chi connectivity index (χ3v) is 5.51. The van der Waals surface area contributed by atoms with Gasteiger partial charge in [0.15, 0.2) is 5.96 Å². The number of nitrogens with one attached hydrogen (secondary N) is 2. The van der Waals surface area contributed by atoms with E-state index in [9.17, 15) is 0 Å². The molecule has 0 bridgehead atoms. The number of unbranched alkanes of at least 4 members (excludes halogenated alkanes) is 6. The lowest BCUT2D eigenvalue weighted by Gasteiger charge is -2.26. The molecular formula is C22H43N7O. The van der Waals surface area contributed by atoms with Gasteiger partial charge in [0.1, 0.15) is 12.2 Å². The number of rotatable bonds is 15. The normalized spacial score (nSPS) is 15.5. The Kier molecular flexibility index (Phi) is 13.2. The van der Waals surface area contributed by atoms with Crippen molar-refractivity contribution in [2.75, 3.05) is 52.5 Å². The highest BCUT2D eigenvalue weighted by Crippen LogP contribution is 2.06. The Labute approximate surface area is 182 Å². The van der Waals surface area contributed by atoms with Crippen LogP contribution in [0.15, 0.2) is 11.3 Å². The van der Waals surface area contributed by atoms with E-state index in [0.717, 1.165) is 83.7 Å². The summed E-state index contributed by atoms with van der Waals surface area (Å²) in [5, 5.41) is 15.2. The van der Waals surface area contributed by atoms with E-state index in [1.165, 1.54) is 38.5 Å².